The molecule has 0 saturated heterocycles. The van der Waals surface area contributed by atoms with Gasteiger partial charge in [-0.25, -0.2) is 0 Å². The summed E-state index contributed by atoms with van der Waals surface area (Å²) in [5, 5.41) is 0. The highest BCUT2D eigenvalue weighted by Crippen LogP contribution is 2.30. The molecule has 0 aromatic heterocycles. The number of carbonyl (C=O) groups excluding carboxylic acids is 1. The highest BCUT2D eigenvalue weighted by Gasteiger charge is 2.22. The third-order valence-electron chi connectivity index (χ3n) is 2.75. The topological polar surface area (TPSA) is 52.3 Å². The second kappa shape index (κ2) is 5.65. The largest absolute Gasteiger partial charge is 0.493 e. The quantitative estimate of drug-likeness (QED) is 0.822. The Bertz CT molecular complexity index is 416. The van der Waals surface area contributed by atoms with Gasteiger partial charge in [-0.3, -0.25) is 4.79 Å². The predicted molar refractivity (Wildman–Crippen MR) is 70.4 cm³/mol. The maximum atomic E-state index is 11.7. The predicted octanol–water partition coefficient (Wildman–Crippen LogP) is 2.77. The van der Waals surface area contributed by atoms with Crippen molar-refractivity contribution < 1.29 is 9.53 Å². The number of Topliss-reactive ketones (excluding diaryl/α,β-unsaturated/α-hetero) is 1. The van der Waals surface area contributed by atoms with Gasteiger partial charge < -0.3 is 10.5 Å². The first kappa shape index (κ1) is 12.6. The second-order valence-corrected chi connectivity index (χ2v) is 5.31. The summed E-state index contributed by atoms with van der Waals surface area (Å²) in [5.41, 5.74) is 6.05. The van der Waals surface area contributed by atoms with Gasteiger partial charge in [0.25, 0.3) is 0 Å². The molecule has 2 rings (SSSR count). The Morgan fingerprint density at radius 1 is 1.41 bits per heavy atom. The smallest absolute Gasteiger partial charge is 0.164 e. The molecule has 4 heteroatoms. The van der Waals surface area contributed by atoms with Crippen molar-refractivity contribution in [3.63, 3.8) is 0 Å². The SMILES string of the molecule is NCCC(=O)c1cc(Br)cc(OCC2CC2)c1. The zero-order valence-corrected chi connectivity index (χ0v) is 11.2. The molecule has 0 spiro atoms. The summed E-state index contributed by atoms with van der Waals surface area (Å²) in [6, 6.07) is 5.49. The number of rotatable bonds is 6. The van der Waals surface area contributed by atoms with E-state index in [1.54, 1.807) is 6.07 Å². The number of ketones is 1. The van der Waals surface area contributed by atoms with Gasteiger partial charge in [-0.05, 0) is 43.5 Å². The van der Waals surface area contributed by atoms with Crippen molar-refractivity contribution >= 4 is 21.7 Å². The van der Waals surface area contributed by atoms with E-state index in [0.717, 1.165) is 16.8 Å². The van der Waals surface area contributed by atoms with Crippen molar-refractivity contribution in [2.75, 3.05) is 13.2 Å². The summed E-state index contributed by atoms with van der Waals surface area (Å²) in [6.45, 7) is 1.13. The Morgan fingerprint density at radius 2 is 2.18 bits per heavy atom. The van der Waals surface area contributed by atoms with Gasteiger partial charge in [0.2, 0.25) is 0 Å². The van der Waals surface area contributed by atoms with E-state index in [0.29, 0.717) is 24.4 Å². The molecular weight excluding hydrogens is 282 g/mol. The van der Waals surface area contributed by atoms with Gasteiger partial charge in [-0.15, -0.1) is 0 Å². The van der Waals surface area contributed by atoms with Gasteiger partial charge >= 0.3 is 0 Å². The van der Waals surface area contributed by atoms with Crippen LogP contribution in [0.5, 0.6) is 5.75 Å². The highest BCUT2D eigenvalue weighted by atomic mass is 79.9. The minimum Gasteiger partial charge on any atom is -0.493 e. The molecule has 1 aliphatic carbocycles. The van der Waals surface area contributed by atoms with Gasteiger partial charge in [0.05, 0.1) is 6.61 Å². The average molecular weight is 298 g/mol. The van der Waals surface area contributed by atoms with E-state index in [1.165, 1.54) is 12.8 Å². The molecule has 2 N–H and O–H groups in total. The standard InChI is InChI=1S/C13H16BrNO2/c14-11-5-10(13(16)3-4-15)6-12(7-11)17-8-9-1-2-9/h5-7,9H,1-4,8,15H2. The fourth-order valence-electron chi connectivity index (χ4n) is 1.58. The Balaban J connectivity index is 2.07. The van der Waals surface area contributed by atoms with Crippen molar-refractivity contribution in [3.05, 3.63) is 28.2 Å². The molecule has 1 aromatic carbocycles. The van der Waals surface area contributed by atoms with Gasteiger partial charge in [0.15, 0.2) is 5.78 Å². The van der Waals surface area contributed by atoms with E-state index in [2.05, 4.69) is 15.9 Å². The molecule has 1 aliphatic rings. The van der Waals surface area contributed by atoms with E-state index >= 15 is 0 Å². The van der Waals surface area contributed by atoms with Crippen LogP contribution in [-0.4, -0.2) is 18.9 Å². The van der Waals surface area contributed by atoms with Crippen molar-refractivity contribution in [1.29, 1.82) is 0 Å². The minimum atomic E-state index is 0.0603. The van der Waals surface area contributed by atoms with Crippen LogP contribution in [0.1, 0.15) is 29.6 Å². The molecule has 92 valence electrons. The average Bonchev–Trinajstić information content (AvgIpc) is 3.10. The summed E-state index contributed by atoms with van der Waals surface area (Å²) in [4.78, 5) is 11.7. The number of carbonyl (C=O) groups is 1. The molecule has 1 aromatic rings. The summed E-state index contributed by atoms with van der Waals surface area (Å²) in [7, 11) is 0. The fourth-order valence-corrected chi connectivity index (χ4v) is 2.05. The van der Waals surface area contributed by atoms with Crippen LogP contribution >= 0.6 is 15.9 Å². The van der Waals surface area contributed by atoms with Crippen LogP contribution in [0.15, 0.2) is 22.7 Å². The molecule has 1 saturated carbocycles. The lowest BCUT2D eigenvalue weighted by Crippen LogP contribution is -2.08. The van der Waals surface area contributed by atoms with Crippen LogP contribution in [0.4, 0.5) is 0 Å². The van der Waals surface area contributed by atoms with Crippen molar-refractivity contribution in [1.82, 2.24) is 0 Å². The second-order valence-electron chi connectivity index (χ2n) is 4.39. The van der Waals surface area contributed by atoms with E-state index in [1.807, 2.05) is 12.1 Å². The van der Waals surface area contributed by atoms with Crippen molar-refractivity contribution in [2.24, 2.45) is 11.7 Å². The monoisotopic (exact) mass is 297 g/mol. The van der Waals surface area contributed by atoms with Crippen molar-refractivity contribution in [2.45, 2.75) is 19.3 Å². The Hall–Kier alpha value is -0.870. The molecule has 0 bridgehead atoms. The van der Waals surface area contributed by atoms with Crippen LogP contribution < -0.4 is 10.5 Å². The summed E-state index contributed by atoms with van der Waals surface area (Å²) in [5.74, 6) is 1.52. The van der Waals surface area contributed by atoms with Crippen LogP contribution in [0.3, 0.4) is 0 Å². The van der Waals surface area contributed by atoms with Crippen LogP contribution in [0, 0.1) is 5.92 Å². The molecule has 0 radical (unpaired) electrons. The molecule has 17 heavy (non-hydrogen) atoms. The van der Waals surface area contributed by atoms with Gasteiger partial charge in [-0.2, -0.15) is 0 Å². The highest BCUT2D eigenvalue weighted by molar-refractivity contribution is 9.10. The van der Waals surface area contributed by atoms with E-state index < -0.39 is 0 Å². The fraction of sp³-hybridized carbons (Fsp3) is 0.462. The van der Waals surface area contributed by atoms with E-state index in [4.69, 9.17) is 10.5 Å². The number of hydrogen-bond acceptors (Lipinski definition) is 3. The number of hydrogen-bond donors (Lipinski definition) is 1. The third-order valence-corrected chi connectivity index (χ3v) is 3.21. The first-order chi connectivity index (χ1) is 8.19. The first-order valence-corrected chi connectivity index (χ1v) is 6.65. The summed E-state index contributed by atoms with van der Waals surface area (Å²) in [6.07, 6.45) is 2.89. The van der Waals surface area contributed by atoms with E-state index in [-0.39, 0.29) is 5.78 Å². The Morgan fingerprint density at radius 3 is 2.82 bits per heavy atom. The van der Waals surface area contributed by atoms with E-state index in [9.17, 15) is 4.79 Å². The lowest BCUT2D eigenvalue weighted by Gasteiger charge is -2.08. The number of ether oxygens (including phenoxy) is 1. The van der Waals surface area contributed by atoms with Gasteiger partial charge in [0.1, 0.15) is 5.75 Å². The van der Waals surface area contributed by atoms with Crippen molar-refractivity contribution in [3.8, 4) is 5.75 Å². The molecule has 1 fully saturated rings. The molecule has 0 unspecified atom stereocenters. The lowest BCUT2D eigenvalue weighted by molar-refractivity contribution is 0.0985. The zero-order chi connectivity index (χ0) is 12.3. The van der Waals surface area contributed by atoms with Gasteiger partial charge in [0, 0.05) is 16.5 Å². The lowest BCUT2D eigenvalue weighted by atomic mass is 10.1. The Kier molecular flexibility index (Phi) is 4.18. The number of nitrogens with two attached hydrogens (primary N) is 1. The number of benzene rings is 1. The maximum Gasteiger partial charge on any atom is 0.164 e. The van der Waals surface area contributed by atoms with Gasteiger partial charge in [-0.1, -0.05) is 15.9 Å². The van der Waals surface area contributed by atoms with Crippen LogP contribution in [0.2, 0.25) is 0 Å². The maximum absolute atomic E-state index is 11.7. The Labute approximate surface area is 109 Å². The zero-order valence-electron chi connectivity index (χ0n) is 9.62. The molecule has 0 atom stereocenters. The molecular formula is C13H16BrNO2. The third kappa shape index (κ3) is 3.82. The minimum absolute atomic E-state index is 0.0603. The molecule has 3 nitrogen and oxygen atoms in total. The first-order valence-electron chi connectivity index (χ1n) is 5.85. The normalized spacial score (nSPS) is 14.7. The number of halogens is 1. The molecule has 0 heterocycles. The van der Waals surface area contributed by atoms with Crippen LogP contribution in [-0.2, 0) is 0 Å². The van der Waals surface area contributed by atoms with Crippen LogP contribution in [0.25, 0.3) is 0 Å². The molecule has 0 aliphatic heterocycles. The molecule has 0 amide bonds. The summed E-state index contributed by atoms with van der Waals surface area (Å²) < 4.78 is 6.53. The summed E-state index contributed by atoms with van der Waals surface area (Å²) >= 11 is 3.39.